The number of sulfonamides is 1. The fourth-order valence-corrected chi connectivity index (χ4v) is 3.60. The van der Waals surface area contributed by atoms with E-state index >= 15 is 0 Å². The first-order chi connectivity index (χ1) is 11.3. The zero-order valence-electron chi connectivity index (χ0n) is 13.4. The summed E-state index contributed by atoms with van der Waals surface area (Å²) >= 11 is 0. The first kappa shape index (κ1) is 18.1. The Labute approximate surface area is 140 Å². The van der Waals surface area contributed by atoms with Crippen molar-refractivity contribution in [3.63, 3.8) is 0 Å². The second-order valence-corrected chi connectivity index (χ2v) is 7.54. The zero-order valence-corrected chi connectivity index (χ0v) is 14.2. The fourth-order valence-electron chi connectivity index (χ4n) is 2.47. The van der Waals surface area contributed by atoms with Gasteiger partial charge in [0.2, 0.25) is 10.0 Å². The average Bonchev–Trinajstić information content (AvgIpc) is 2.99. The number of urea groups is 1. The van der Waals surface area contributed by atoms with E-state index in [0.29, 0.717) is 30.8 Å². The molecule has 0 aliphatic carbocycles. The Morgan fingerprint density at radius 2 is 1.88 bits per heavy atom. The van der Waals surface area contributed by atoms with Crippen molar-refractivity contribution in [2.45, 2.75) is 19.8 Å². The molecule has 1 aliphatic heterocycles. The number of hydrogen-bond donors (Lipinski definition) is 3. The molecule has 0 spiro atoms. The molecule has 1 aromatic carbocycles. The van der Waals surface area contributed by atoms with Crippen LogP contribution in [0.1, 0.15) is 19.8 Å². The molecule has 2 rings (SSSR count). The fraction of sp³-hybridized carbons (Fsp3) is 0.467. The number of hydrogen-bond acceptors (Lipinski definition) is 4. The van der Waals surface area contributed by atoms with E-state index in [4.69, 9.17) is 5.11 Å². The van der Waals surface area contributed by atoms with Gasteiger partial charge in [0.1, 0.15) is 0 Å². The van der Waals surface area contributed by atoms with Crippen LogP contribution < -0.4 is 10.0 Å². The van der Waals surface area contributed by atoms with Crippen LogP contribution in [0.2, 0.25) is 0 Å². The third kappa shape index (κ3) is 4.85. The molecule has 8 nitrogen and oxygen atoms in total. The highest BCUT2D eigenvalue weighted by atomic mass is 32.2. The molecule has 1 fully saturated rings. The van der Waals surface area contributed by atoms with Gasteiger partial charge in [-0.1, -0.05) is 6.92 Å². The average molecular weight is 355 g/mol. The number of carboxylic acid groups (broad SMARTS) is 1. The molecule has 1 heterocycles. The normalized spacial score (nSPS) is 17.5. The second-order valence-electron chi connectivity index (χ2n) is 5.70. The van der Waals surface area contributed by atoms with Gasteiger partial charge in [-0.05, 0) is 37.1 Å². The molecule has 132 valence electrons. The van der Waals surface area contributed by atoms with E-state index in [1.807, 2.05) is 0 Å². The molecule has 0 aromatic heterocycles. The standard InChI is InChI=1S/C15H21N3O5S/c1-2-9-24(22,23)17-13-5-3-12(4-6-13)16-15(21)18-8-7-11(10-18)14(19)20/h3-6,11,17H,2,7-10H2,1H3,(H,16,21)(H,19,20). The molecule has 0 bridgehead atoms. The largest absolute Gasteiger partial charge is 0.481 e. The summed E-state index contributed by atoms with van der Waals surface area (Å²) in [6, 6.07) is 5.94. The number of amides is 2. The van der Waals surface area contributed by atoms with Gasteiger partial charge in [0.15, 0.2) is 0 Å². The Hall–Kier alpha value is -2.29. The first-order valence-corrected chi connectivity index (χ1v) is 9.35. The maximum atomic E-state index is 12.1. The third-order valence-corrected chi connectivity index (χ3v) is 5.20. The summed E-state index contributed by atoms with van der Waals surface area (Å²) in [5.41, 5.74) is 0.936. The maximum absolute atomic E-state index is 12.1. The molecular weight excluding hydrogens is 334 g/mol. The van der Waals surface area contributed by atoms with E-state index in [1.165, 1.54) is 4.90 Å². The summed E-state index contributed by atoms with van der Waals surface area (Å²) in [4.78, 5) is 24.5. The SMILES string of the molecule is CCCS(=O)(=O)Nc1ccc(NC(=O)N2CCC(C(=O)O)C2)cc1. The molecule has 3 N–H and O–H groups in total. The van der Waals surface area contributed by atoms with Crippen LogP contribution in [0, 0.1) is 5.92 Å². The predicted molar refractivity (Wildman–Crippen MR) is 90.5 cm³/mol. The minimum absolute atomic E-state index is 0.0468. The second kappa shape index (κ2) is 7.52. The van der Waals surface area contributed by atoms with Crippen molar-refractivity contribution in [1.29, 1.82) is 0 Å². The number of carboxylic acids is 1. The molecular formula is C15H21N3O5S. The van der Waals surface area contributed by atoms with E-state index in [2.05, 4.69) is 10.0 Å². The topological polar surface area (TPSA) is 116 Å². The number of aliphatic carboxylic acids is 1. The van der Waals surface area contributed by atoms with Crippen LogP contribution in [0.5, 0.6) is 0 Å². The highest BCUT2D eigenvalue weighted by Crippen LogP contribution is 2.19. The molecule has 1 atom stereocenters. The van der Waals surface area contributed by atoms with Gasteiger partial charge in [0.05, 0.1) is 11.7 Å². The highest BCUT2D eigenvalue weighted by Gasteiger charge is 2.30. The lowest BCUT2D eigenvalue weighted by molar-refractivity contribution is -0.141. The van der Waals surface area contributed by atoms with Gasteiger partial charge < -0.3 is 15.3 Å². The van der Waals surface area contributed by atoms with Gasteiger partial charge in [-0.2, -0.15) is 0 Å². The van der Waals surface area contributed by atoms with Crippen LogP contribution in [0.25, 0.3) is 0 Å². The molecule has 9 heteroatoms. The Balaban J connectivity index is 1.92. The van der Waals surface area contributed by atoms with E-state index < -0.39 is 21.9 Å². The summed E-state index contributed by atoms with van der Waals surface area (Å²) in [5.74, 6) is -1.37. The number of likely N-dealkylation sites (tertiary alicyclic amines) is 1. The molecule has 0 saturated carbocycles. The number of anilines is 2. The minimum Gasteiger partial charge on any atom is -0.481 e. The monoisotopic (exact) mass is 355 g/mol. The van der Waals surface area contributed by atoms with Crippen molar-refractivity contribution < 1.29 is 23.1 Å². The molecule has 1 aliphatic rings. The Kier molecular flexibility index (Phi) is 5.66. The van der Waals surface area contributed by atoms with E-state index in [9.17, 15) is 18.0 Å². The molecule has 0 radical (unpaired) electrons. The van der Waals surface area contributed by atoms with Crippen LogP contribution in [0.15, 0.2) is 24.3 Å². The van der Waals surface area contributed by atoms with Crippen molar-refractivity contribution in [2.24, 2.45) is 5.92 Å². The van der Waals surface area contributed by atoms with E-state index in [1.54, 1.807) is 31.2 Å². The van der Waals surface area contributed by atoms with Crippen LogP contribution in [0.3, 0.4) is 0 Å². The summed E-state index contributed by atoms with van der Waals surface area (Å²) < 4.78 is 25.8. The number of nitrogens with zero attached hydrogens (tertiary/aromatic N) is 1. The van der Waals surface area contributed by atoms with Crippen LogP contribution in [-0.4, -0.2) is 49.3 Å². The summed E-state index contributed by atoms with van der Waals surface area (Å²) in [7, 11) is -3.35. The molecule has 1 unspecified atom stereocenters. The highest BCUT2D eigenvalue weighted by molar-refractivity contribution is 7.92. The van der Waals surface area contributed by atoms with Crippen molar-refractivity contribution in [3.8, 4) is 0 Å². The summed E-state index contributed by atoms with van der Waals surface area (Å²) in [6.45, 7) is 2.37. The zero-order chi connectivity index (χ0) is 17.7. The van der Waals surface area contributed by atoms with Crippen molar-refractivity contribution in [3.05, 3.63) is 24.3 Å². The van der Waals surface area contributed by atoms with Crippen molar-refractivity contribution in [1.82, 2.24) is 4.90 Å². The Morgan fingerprint density at radius 3 is 2.42 bits per heavy atom. The maximum Gasteiger partial charge on any atom is 0.321 e. The quantitative estimate of drug-likeness (QED) is 0.719. The molecule has 1 aromatic rings. The first-order valence-electron chi connectivity index (χ1n) is 7.70. The lowest BCUT2D eigenvalue weighted by Gasteiger charge is -2.17. The molecule has 24 heavy (non-hydrogen) atoms. The molecule has 1 saturated heterocycles. The number of benzene rings is 1. The number of rotatable bonds is 6. The Morgan fingerprint density at radius 1 is 1.25 bits per heavy atom. The van der Waals surface area contributed by atoms with Crippen LogP contribution in [-0.2, 0) is 14.8 Å². The number of carbonyl (C=O) groups excluding carboxylic acids is 1. The van der Waals surface area contributed by atoms with Crippen LogP contribution >= 0.6 is 0 Å². The van der Waals surface area contributed by atoms with E-state index in [0.717, 1.165) is 0 Å². The van der Waals surface area contributed by atoms with Gasteiger partial charge >= 0.3 is 12.0 Å². The van der Waals surface area contributed by atoms with E-state index in [-0.39, 0.29) is 18.3 Å². The number of nitrogens with one attached hydrogen (secondary N) is 2. The van der Waals surface area contributed by atoms with Crippen molar-refractivity contribution >= 4 is 33.4 Å². The predicted octanol–water partition coefficient (Wildman–Crippen LogP) is 1.78. The number of carbonyl (C=O) groups is 2. The van der Waals surface area contributed by atoms with Gasteiger partial charge in [-0.3, -0.25) is 9.52 Å². The van der Waals surface area contributed by atoms with Crippen LogP contribution in [0.4, 0.5) is 16.2 Å². The Bertz CT molecular complexity index is 702. The molecule has 2 amide bonds. The third-order valence-electron chi connectivity index (χ3n) is 3.71. The summed E-state index contributed by atoms with van der Waals surface area (Å²) in [6.07, 6.45) is 0.970. The lowest BCUT2D eigenvalue weighted by atomic mass is 10.1. The van der Waals surface area contributed by atoms with Crippen molar-refractivity contribution in [2.75, 3.05) is 28.9 Å². The van der Waals surface area contributed by atoms with Gasteiger partial charge in [-0.15, -0.1) is 0 Å². The minimum atomic E-state index is -3.35. The van der Waals surface area contributed by atoms with Gasteiger partial charge in [0, 0.05) is 24.5 Å². The smallest absolute Gasteiger partial charge is 0.321 e. The summed E-state index contributed by atoms with van der Waals surface area (Å²) in [5, 5.41) is 11.6. The van der Waals surface area contributed by atoms with Gasteiger partial charge in [-0.25, -0.2) is 13.2 Å². The lowest BCUT2D eigenvalue weighted by Crippen LogP contribution is -2.33. The van der Waals surface area contributed by atoms with Gasteiger partial charge in [0.25, 0.3) is 0 Å².